The van der Waals surface area contributed by atoms with Crippen molar-refractivity contribution in [3.63, 3.8) is 0 Å². The average molecular weight is 331 g/mol. The van der Waals surface area contributed by atoms with Crippen molar-refractivity contribution in [2.24, 2.45) is 0 Å². The third kappa shape index (κ3) is 3.35. The minimum absolute atomic E-state index is 0.440. The second kappa shape index (κ2) is 5.87. The number of hydrogen-bond donors (Lipinski definition) is 1. The normalized spacial score (nSPS) is 25.4. The number of benzene rings is 1. The highest BCUT2D eigenvalue weighted by molar-refractivity contribution is 14.1. The van der Waals surface area contributed by atoms with Crippen LogP contribution < -0.4 is 5.32 Å². The van der Waals surface area contributed by atoms with Crippen LogP contribution >= 0.6 is 22.6 Å². The predicted molar refractivity (Wildman–Crippen MR) is 75.8 cm³/mol. The highest BCUT2D eigenvalue weighted by atomic mass is 127. The monoisotopic (exact) mass is 331 g/mol. The van der Waals surface area contributed by atoms with Gasteiger partial charge in [0, 0.05) is 21.9 Å². The minimum Gasteiger partial charge on any atom is -0.382 e. The summed E-state index contributed by atoms with van der Waals surface area (Å²) < 4.78 is 6.95. The van der Waals surface area contributed by atoms with Gasteiger partial charge in [-0.15, -0.1) is 0 Å². The summed E-state index contributed by atoms with van der Waals surface area (Å²) in [6.45, 7) is 3.08. The van der Waals surface area contributed by atoms with Gasteiger partial charge in [0.05, 0.1) is 6.10 Å². The van der Waals surface area contributed by atoms with E-state index in [1.54, 1.807) is 0 Å². The van der Waals surface area contributed by atoms with Gasteiger partial charge in [0.25, 0.3) is 0 Å². The molecule has 3 heteroatoms. The van der Waals surface area contributed by atoms with Crippen molar-refractivity contribution in [3.8, 4) is 0 Å². The molecule has 88 valence electrons. The van der Waals surface area contributed by atoms with Gasteiger partial charge >= 0.3 is 0 Å². The SMILES string of the molecule is CCC1CC(Nc2ccc(I)cc2)CCO1. The van der Waals surface area contributed by atoms with Crippen LogP contribution in [0.1, 0.15) is 26.2 Å². The Hall–Kier alpha value is -0.290. The molecular weight excluding hydrogens is 313 g/mol. The summed E-state index contributed by atoms with van der Waals surface area (Å²) in [7, 11) is 0. The van der Waals surface area contributed by atoms with E-state index in [1.165, 1.54) is 9.26 Å². The Morgan fingerprint density at radius 1 is 1.38 bits per heavy atom. The molecule has 1 aromatic rings. The van der Waals surface area contributed by atoms with Crippen molar-refractivity contribution in [2.45, 2.75) is 38.3 Å². The van der Waals surface area contributed by atoms with Gasteiger partial charge in [-0.3, -0.25) is 0 Å². The molecule has 1 N–H and O–H groups in total. The van der Waals surface area contributed by atoms with E-state index in [0.717, 1.165) is 25.9 Å². The standard InChI is InChI=1S/C13H18INO/c1-2-13-9-12(7-8-16-13)15-11-5-3-10(14)4-6-11/h3-6,12-13,15H,2,7-9H2,1H3. The Labute approximate surface area is 111 Å². The third-order valence-electron chi connectivity index (χ3n) is 3.04. The van der Waals surface area contributed by atoms with E-state index in [0.29, 0.717) is 12.1 Å². The number of nitrogens with one attached hydrogen (secondary N) is 1. The van der Waals surface area contributed by atoms with Gasteiger partial charge < -0.3 is 10.1 Å². The molecule has 0 radical (unpaired) electrons. The first-order chi connectivity index (χ1) is 7.78. The molecule has 0 bridgehead atoms. The fourth-order valence-corrected chi connectivity index (χ4v) is 2.44. The zero-order valence-corrected chi connectivity index (χ0v) is 11.7. The lowest BCUT2D eigenvalue weighted by Crippen LogP contribution is -2.33. The Morgan fingerprint density at radius 3 is 2.81 bits per heavy atom. The van der Waals surface area contributed by atoms with Crippen LogP contribution in [0.2, 0.25) is 0 Å². The Bertz CT molecular complexity index is 325. The maximum Gasteiger partial charge on any atom is 0.0592 e. The van der Waals surface area contributed by atoms with Gasteiger partial charge in [0.15, 0.2) is 0 Å². The molecule has 1 fully saturated rings. The highest BCUT2D eigenvalue weighted by Gasteiger charge is 2.20. The summed E-state index contributed by atoms with van der Waals surface area (Å²) in [6, 6.07) is 9.15. The third-order valence-corrected chi connectivity index (χ3v) is 3.76. The first-order valence-electron chi connectivity index (χ1n) is 5.91. The lowest BCUT2D eigenvalue weighted by Gasteiger charge is -2.30. The van der Waals surface area contributed by atoms with Crippen LogP contribution in [0.15, 0.2) is 24.3 Å². The number of anilines is 1. The van der Waals surface area contributed by atoms with Crippen LogP contribution in [0, 0.1) is 3.57 Å². The predicted octanol–water partition coefficient (Wildman–Crippen LogP) is 3.66. The van der Waals surface area contributed by atoms with Crippen LogP contribution in [0.5, 0.6) is 0 Å². The van der Waals surface area contributed by atoms with Crippen molar-refractivity contribution in [1.29, 1.82) is 0 Å². The molecule has 1 aromatic carbocycles. The molecule has 2 unspecified atom stereocenters. The van der Waals surface area contributed by atoms with Crippen LogP contribution in [-0.4, -0.2) is 18.8 Å². The van der Waals surface area contributed by atoms with Gasteiger partial charge in [-0.2, -0.15) is 0 Å². The van der Waals surface area contributed by atoms with Crippen molar-refractivity contribution in [1.82, 2.24) is 0 Å². The first kappa shape index (κ1) is 12.2. The first-order valence-corrected chi connectivity index (χ1v) is 6.99. The fourth-order valence-electron chi connectivity index (χ4n) is 2.08. The Balaban J connectivity index is 1.91. The van der Waals surface area contributed by atoms with E-state index in [-0.39, 0.29) is 0 Å². The second-order valence-corrected chi connectivity index (χ2v) is 5.52. The molecule has 1 aliphatic rings. The number of hydrogen-bond acceptors (Lipinski definition) is 2. The lowest BCUT2D eigenvalue weighted by molar-refractivity contribution is 0.00926. The summed E-state index contributed by atoms with van der Waals surface area (Å²) in [4.78, 5) is 0. The number of halogens is 1. The van der Waals surface area contributed by atoms with Gasteiger partial charge in [-0.05, 0) is 66.1 Å². The molecule has 2 nitrogen and oxygen atoms in total. The molecule has 1 heterocycles. The molecule has 0 aromatic heterocycles. The number of ether oxygens (including phenoxy) is 1. The molecule has 0 amide bonds. The fraction of sp³-hybridized carbons (Fsp3) is 0.538. The van der Waals surface area contributed by atoms with Crippen molar-refractivity contribution >= 4 is 28.3 Å². The summed E-state index contributed by atoms with van der Waals surface area (Å²) in [5.41, 5.74) is 1.22. The van der Waals surface area contributed by atoms with E-state index in [2.05, 4.69) is 59.1 Å². The molecule has 0 aliphatic carbocycles. The van der Waals surface area contributed by atoms with E-state index < -0.39 is 0 Å². The average Bonchev–Trinajstić information content (AvgIpc) is 2.32. The molecular formula is C13H18INO. The molecule has 0 spiro atoms. The highest BCUT2D eigenvalue weighted by Crippen LogP contribution is 2.20. The summed E-state index contributed by atoms with van der Waals surface area (Å²) >= 11 is 2.33. The maximum atomic E-state index is 5.67. The molecule has 1 aliphatic heterocycles. The Morgan fingerprint density at radius 2 is 2.12 bits per heavy atom. The zero-order chi connectivity index (χ0) is 11.4. The molecule has 1 saturated heterocycles. The molecule has 0 saturated carbocycles. The van der Waals surface area contributed by atoms with Gasteiger partial charge in [-0.25, -0.2) is 0 Å². The van der Waals surface area contributed by atoms with E-state index in [9.17, 15) is 0 Å². The van der Waals surface area contributed by atoms with Crippen LogP contribution in [0.3, 0.4) is 0 Å². The van der Waals surface area contributed by atoms with Crippen LogP contribution in [0.25, 0.3) is 0 Å². The largest absolute Gasteiger partial charge is 0.382 e. The van der Waals surface area contributed by atoms with Crippen molar-refractivity contribution < 1.29 is 4.74 Å². The lowest BCUT2D eigenvalue weighted by atomic mass is 10.0. The topological polar surface area (TPSA) is 21.3 Å². The quantitative estimate of drug-likeness (QED) is 0.854. The molecule has 2 atom stereocenters. The molecule has 16 heavy (non-hydrogen) atoms. The Kier molecular flexibility index (Phi) is 4.46. The van der Waals surface area contributed by atoms with E-state index in [4.69, 9.17) is 4.74 Å². The van der Waals surface area contributed by atoms with Crippen molar-refractivity contribution in [3.05, 3.63) is 27.8 Å². The van der Waals surface area contributed by atoms with Crippen molar-refractivity contribution in [2.75, 3.05) is 11.9 Å². The second-order valence-electron chi connectivity index (χ2n) is 4.27. The van der Waals surface area contributed by atoms with E-state index in [1.807, 2.05) is 0 Å². The summed E-state index contributed by atoms with van der Waals surface area (Å²) in [6.07, 6.45) is 3.80. The minimum atomic E-state index is 0.440. The van der Waals surface area contributed by atoms with Crippen LogP contribution in [0.4, 0.5) is 5.69 Å². The van der Waals surface area contributed by atoms with E-state index >= 15 is 0 Å². The van der Waals surface area contributed by atoms with Gasteiger partial charge in [0.1, 0.15) is 0 Å². The molecule has 2 rings (SSSR count). The van der Waals surface area contributed by atoms with Crippen LogP contribution in [-0.2, 0) is 4.74 Å². The van der Waals surface area contributed by atoms with Gasteiger partial charge in [-0.1, -0.05) is 6.92 Å². The zero-order valence-electron chi connectivity index (χ0n) is 9.58. The summed E-state index contributed by atoms with van der Waals surface area (Å²) in [5, 5.41) is 3.59. The maximum absolute atomic E-state index is 5.67. The number of rotatable bonds is 3. The van der Waals surface area contributed by atoms with Gasteiger partial charge in [0.2, 0.25) is 0 Å². The smallest absolute Gasteiger partial charge is 0.0592 e. The summed E-state index contributed by atoms with van der Waals surface area (Å²) in [5.74, 6) is 0.